The summed E-state index contributed by atoms with van der Waals surface area (Å²) in [6, 6.07) is 0. The van der Waals surface area contributed by atoms with E-state index < -0.39 is 11.8 Å². The van der Waals surface area contributed by atoms with Crippen molar-refractivity contribution in [3.63, 3.8) is 0 Å². The van der Waals surface area contributed by atoms with E-state index in [1.165, 1.54) is 0 Å². The lowest BCUT2D eigenvalue weighted by Gasteiger charge is -2.21. The summed E-state index contributed by atoms with van der Waals surface area (Å²) in [5, 5.41) is 7.80. The number of rotatable bonds is 3. The van der Waals surface area contributed by atoms with E-state index in [1.54, 1.807) is 0 Å². The Morgan fingerprint density at radius 3 is 2.50 bits per heavy atom. The second-order valence-corrected chi connectivity index (χ2v) is 5.19. The van der Waals surface area contributed by atoms with Gasteiger partial charge in [0, 0.05) is 19.1 Å². The molecule has 0 saturated carbocycles. The molecule has 0 bridgehead atoms. The number of amides is 3. The zero-order valence-corrected chi connectivity index (χ0v) is 11.4. The number of carbonyl (C=O) groups is 3. The predicted octanol–water partition coefficient (Wildman–Crippen LogP) is -1.08. The maximum Gasteiger partial charge on any atom is 0.315 e. The Bertz CT molecular complexity index is 374. The highest BCUT2D eigenvalue weighted by Crippen LogP contribution is 2.11. The van der Waals surface area contributed by atoms with Crippen molar-refractivity contribution in [2.24, 2.45) is 5.92 Å². The summed E-state index contributed by atoms with van der Waals surface area (Å²) in [5.41, 5.74) is 0. The van der Waals surface area contributed by atoms with Crippen LogP contribution in [0.5, 0.6) is 0 Å². The van der Waals surface area contributed by atoms with Crippen LogP contribution >= 0.6 is 0 Å². The fourth-order valence-electron chi connectivity index (χ4n) is 2.45. The van der Waals surface area contributed by atoms with Crippen LogP contribution in [0.2, 0.25) is 0 Å². The Labute approximate surface area is 117 Å². The lowest BCUT2D eigenvalue weighted by atomic mass is 9.97. The average molecular weight is 283 g/mol. The molecule has 0 radical (unpaired) electrons. The van der Waals surface area contributed by atoms with Gasteiger partial charge >= 0.3 is 11.8 Å². The number of ether oxygens (including phenoxy) is 1. The van der Waals surface area contributed by atoms with Crippen LogP contribution in [-0.2, 0) is 19.1 Å². The summed E-state index contributed by atoms with van der Waals surface area (Å²) in [5.74, 6) is -2.20. The molecular formula is C13H21N3O4. The van der Waals surface area contributed by atoms with Crippen molar-refractivity contribution in [1.82, 2.24) is 16.0 Å². The Balaban J connectivity index is 1.69. The van der Waals surface area contributed by atoms with E-state index in [4.69, 9.17) is 4.74 Å². The quantitative estimate of drug-likeness (QED) is 0.573. The minimum absolute atomic E-state index is 0.0214. The Morgan fingerprint density at radius 1 is 1.10 bits per heavy atom. The molecule has 0 aliphatic carbocycles. The summed E-state index contributed by atoms with van der Waals surface area (Å²) in [6.45, 7) is 2.53. The number of piperidine rings is 1. The third kappa shape index (κ3) is 4.28. The maximum atomic E-state index is 11.8. The summed E-state index contributed by atoms with van der Waals surface area (Å²) >= 11 is 0. The molecule has 1 unspecified atom stereocenters. The van der Waals surface area contributed by atoms with E-state index in [9.17, 15) is 14.4 Å². The summed E-state index contributed by atoms with van der Waals surface area (Å²) in [4.78, 5) is 35.0. The van der Waals surface area contributed by atoms with E-state index >= 15 is 0 Å². The first kappa shape index (κ1) is 14.9. The molecule has 2 fully saturated rings. The molecule has 2 aliphatic rings. The Morgan fingerprint density at radius 2 is 1.85 bits per heavy atom. The van der Waals surface area contributed by atoms with Gasteiger partial charge < -0.3 is 15.4 Å². The van der Waals surface area contributed by atoms with Crippen LogP contribution in [0, 0.1) is 5.92 Å². The van der Waals surface area contributed by atoms with Crippen LogP contribution in [0.15, 0.2) is 0 Å². The second kappa shape index (κ2) is 7.35. The minimum atomic E-state index is -0.883. The number of hydrogen-bond donors (Lipinski definition) is 3. The van der Waals surface area contributed by atoms with Crippen LogP contribution < -0.4 is 16.0 Å². The molecule has 2 rings (SSSR count). The van der Waals surface area contributed by atoms with Gasteiger partial charge in [0.05, 0.1) is 6.10 Å². The first-order valence-electron chi connectivity index (χ1n) is 7.12. The Kier molecular flexibility index (Phi) is 5.49. The van der Waals surface area contributed by atoms with Crippen molar-refractivity contribution in [2.75, 3.05) is 26.2 Å². The first-order valence-corrected chi connectivity index (χ1v) is 7.12. The number of nitrogens with one attached hydrogen (secondary N) is 3. The normalized spacial score (nSPS) is 23.3. The van der Waals surface area contributed by atoms with E-state index in [2.05, 4.69) is 16.0 Å². The van der Waals surface area contributed by atoms with Crippen LogP contribution in [-0.4, -0.2) is 50.1 Å². The smallest absolute Gasteiger partial charge is 0.315 e. The molecule has 2 heterocycles. The van der Waals surface area contributed by atoms with E-state index in [1.807, 2.05) is 0 Å². The molecule has 0 aromatic rings. The summed E-state index contributed by atoms with van der Waals surface area (Å²) < 4.78 is 5.34. The standard InChI is InChI=1S/C13H21N3O4/c17-11(9-3-5-14-6-4-9)16-13(19)12(18)15-8-10-2-1-7-20-10/h9-10,14H,1-8H2,(H,15,18)(H,16,17,19). The SMILES string of the molecule is O=C(NCC1CCCO1)C(=O)NC(=O)C1CCNCC1. The number of carbonyl (C=O) groups excluding carboxylic acids is 3. The van der Waals surface area contributed by atoms with E-state index in [-0.39, 0.29) is 17.9 Å². The van der Waals surface area contributed by atoms with Crippen LogP contribution in [0.1, 0.15) is 25.7 Å². The Hall–Kier alpha value is -1.47. The van der Waals surface area contributed by atoms with Crippen LogP contribution in [0.3, 0.4) is 0 Å². The zero-order chi connectivity index (χ0) is 14.4. The summed E-state index contributed by atoms with van der Waals surface area (Å²) in [6.07, 6.45) is 3.22. The van der Waals surface area contributed by atoms with Crippen molar-refractivity contribution in [1.29, 1.82) is 0 Å². The molecule has 1 atom stereocenters. The second-order valence-electron chi connectivity index (χ2n) is 5.19. The van der Waals surface area contributed by atoms with Gasteiger partial charge in [0.2, 0.25) is 5.91 Å². The van der Waals surface area contributed by atoms with E-state index in [0.717, 1.165) is 25.9 Å². The molecule has 0 aromatic heterocycles. The van der Waals surface area contributed by atoms with Crippen LogP contribution in [0.25, 0.3) is 0 Å². The summed E-state index contributed by atoms with van der Waals surface area (Å²) in [7, 11) is 0. The van der Waals surface area contributed by atoms with Gasteiger partial charge in [0.1, 0.15) is 0 Å². The highest BCUT2D eigenvalue weighted by Gasteiger charge is 2.25. The van der Waals surface area contributed by atoms with Gasteiger partial charge in [0.25, 0.3) is 0 Å². The molecule has 0 aromatic carbocycles. The number of hydrogen-bond acceptors (Lipinski definition) is 5. The predicted molar refractivity (Wildman–Crippen MR) is 70.7 cm³/mol. The van der Waals surface area contributed by atoms with Crippen molar-refractivity contribution in [2.45, 2.75) is 31.8 Å². The molecule has 3 N–H and O–H groups in total. The minimum Gasteiger partial charge on any atom is -0.376 e. The molecule has 3 amide bonds. The van der Waals surface area contributed by atoms with Crippen molar-refractivity contribution >= 4 is 17.7 Å². The van der Waals surface area contributed by atoms with E-state index in [0.29, 0.717) is 26.0 Å². The van der Waals surface area contributed by atoms with Crippen molar-refractivity contribution in [3.05, 3.63) is 0 Å². The van der Waals surface area contributed by atoms with Gasteiger partial charge in [-0.05, 0) is 38.8 Å². The third-order valence-electron chi connectivity index (χ3n) is 3.67. The van der Waals surface area contributed by atoms with Gasteiger partial charge in [0.15, 0.2) is 0 Å². The van der Waals surface area contributed by atoms with Crippen LogP contribution in [0.4, 0.5) is 0 Å². The highest BCUT2D eigenvalue weighted by atomic mass is 16.5. The third-order valence-corrected chi connectivity index (χ3v) is 3.67. The highest BCUT2D eigenvalue weighted by molar-refractivity contribution is 6.37. The molecule has 0 spiro atoms. The van der Waals surface area contributed by atoms with Crippen molar-refractivity contribution < 1.29 is 19.1 Å². The largest absolute Gasteiger partial charge is 0.376 e. The average Bonchev–Trinajstić information content (AvgIpc) is 2.98. The number of imide groups is 1. The fraction of sp³-hybridized carbons (Fsp3) is 0.769. The van der Waals surface area contributed by atoms with Gasteiger partial charge in [-0.15, -0.1) is 0 Å². The maximum absolute atomic E-state index is 11.8. The topological polar surface area (TPSA) is 96.5 Å². The van der Waals surface area contributed by atoms with Crippen molar-refractivity contribution in [3.8, 4) is 0 Å². The molecule has 7 heteroatoms. The molecule has 20 heavy (non-hydrogen) atoms. The lowest BCUT2D eigenvalue weighted by Crippen LogP contribution is -2.47. The molecule has 112 valence electrons. The molecule has 2 aliphatic heterocycles. The van der Waals surface area contributed by atoms with Gasteiger partial charge in [-0.25, -0.2) is 0 Å². The molecule has 7 nitrogen and oxygen atoms in total. The van der Waals surface area contributed by atoms with Gasteiger partial charge in [-0.3, -0.25) is 19.7 Å². The zero-order valence-electron chi connectivity index (χ0n) is 11.4. The fourth-order valence-corrected chi connectivity index (χ4v) is 2.45. The lowest BCUT2D eigenvalue weighted by molar-refractivity contribution is -0.143. The molecule has 2 saturated heterocycles. The van der Waals surface area contributed by atoms with Gasteiger partial charge in [-0.2, -0.15) is 0 Å². The monoisotopic (exact) mass is 283 g/mol. The first-order chi connectivity index (χ1) is 9.66. The van der Waals surface area contributed by atoms with Gasteiger partial charge in [-0.1, -0.05) is 0 Å². The molecular weight excluding hydrogens is 262 g/mol.